The topological polar surface area (TPSA) is 62.5 Å². The van der Waals surface area contributed by atoms with Gasteiger partial charge in [-0.05, 0) is 24.3 Å². The van der Waals surface area contributed by atoms with Gasteiger partial charge in [0, 0.05) is 26.2 Å². The molecule has 4 rings (SSSR count). The number of aromatic nitrogens is 5. The van der Waals surface area contributed by atoms with Crippen LogP contribution in [0.5, 0.6) is 0 Å². The molecule has 0 saturated carbocycles. The number of piperazine rings is 1. The zero-order valence-electron chi connectivity index (χ0n) is 11.8. The Morgan fingerprint density at radius 1 is 0.909 bits per heavy atom. The van der Waals surface area contributed by atoms with Gasteiger partial charge in [0.1, 0.15) is 18.0 Å². The van der Waals surface area contributed by atoms with Crippen molar-refractivity contribution < 1.29 is 4.39 Å². The molecule has 1 aliphatic rings. The van der Waals surface area contributed by atoms with E-state index in [4.69, 9.17) is 0 Å². The molecule has 1 saturated heterocycles. The molecule has 0 bridgehead atoms. The van der Waals surface area contributed by atoms with Crippen molar-refractivity contribution in [1.82, 2.24) is 24.8 Å². The minimum absolute atomic E-state index is 0.445. The highest BCUT2D eigenvalue weighted by molar-refractivity contribution is 5.47. The van der Waals surface area contributed by atoms with Gasteiger partial charge in [-0.3, -0.25) is 0 Å². The first kappa shape index (κ1) is 12.9. The molecule has 22 heavy (non-hydrogen) atoms. The van der Waals surface area contributed by atoms with Gasteiger partial charge in [0.05, 0.1) is 0 Å². The van der Waals surface area contributed by atoms with Crippen LogP contribution < -0.4 is 9.80 Å². The highest BCUT2D eigenvalue weighted by atomic mass is 19.1. The molecule has 1 aliphatic heterocycles. The zero-order chi connectivity index (χ0) is 14.9. The maximum absolute atomic E-state index is 13.2. The molecule has 0 atom stereocenters. The summed E-state index contributed by atoms with van der Waals surface area (Å²) in [5, 5.41) is 12.3. The van der Waals surface area contributed by atoms with Crippen LogP contribution in [0.2, 0.25) is 0 Å². The molecule has 3 aromatic heterocycles. The molecule has 0 unspecified atom stereocenters. The predicted molar refractivity (Wildman–Crippen MR) is 79.4 cm³/mol. The molecule has 0 aliphatic carbocycles. The van der Waals surface area contributed by atoms with Crippen molar-refractivity contribution in [3.8, 4) is 0 Å². The van der Waals surface area contributed by atoms with Gasteiger partial charge in [-0.2, -0.15) is 8.91 Å². The Morgan fingerprint density at radius 2 is 1.68 bits per heavy atom. The summed E-state index contributed by atoms with van der Waals surface area (Å²) >= 11 is 0. The Morgan fingerprint density at radius 3 is 2.45 bits per heavy atom. The van der Waals surface area contributed by atoms with Crippen LogP contribution in [0, 0.1) is 5.95 Å². The normalized spacial score (nSPS) is 15.5. The molecule has 0 N–H and O–H groups in total. The Labute approximate surface area is 126 Å². The molecule has 0 radical (unpaired) electrons. The van der Waals surface area contributed by atoms with Gasteiger partial charge in [-0.1, -0.05) is 6.07 Å². The second-order valence-electron chi connectivity index (χ2n) is 5.12. The number of hydrogen-bond donors (Lipinski definition) is 0. The number of hydrogen-bond acceptors (Lipinski definition) is 6. The fourth-order valence-corrected chi connectivity index (χ4v) is 2.63. The zero-order valence-corrected chi connectivity index (χ0v) is 11.8. The monoisotopic (exact) mass is 299 g/mol. The molecule has 4 heterocycles. The van der Waals surface area contributed by atoms with Gasteiger partial charge < -0.3 is 9.80 Å². The number of anilines is 2. The lowest BCUT2D eigenvalue weighted by Crippen LogP contribution is -2.47. The van der Waals surface area contributed by atoms with Crippen molar-refractivity contribution in [3.05, 3.63) is 42.6 Å². The minimum atomic E-state index is -0.445. The molecular formula is C14H14FN7. The van der Waals surface area contributed by atoms with E-state index in [9.17, 15) is 4.39 Å². The van der Waals surface area contributed by atoms with Crippen LogP contribution in [-0.2, 0) is 0 Å². The fourth-order valence-electron chi connectivity index (χ4n) is 2.63. The summed E-state index contributed by atoms with van der Waals surface area (Å²) in [5.74, 6) is 1.13. The second kappa shape index (κ2) is 5.21. The Balaban J connectivity index is 1.49. The third kappa shape index (κ3) is 2.32. The van der Waals surface area contributed by atoms with E-state index in [1.54, 1.807) is 16.9 Å². The number of fused-ring (bicyclic) bond motifs is 1. The SMILES string of the molecule is Fc1cccc(N2CCN(c3ccc4nncn4n3)CC2)n1. The summed E-state index contributed by atoms with van der Waals surface area (Å²) in [7, 11) is 0. The Kier molecular flexibility index (Phi) is 3.06. The van der Waals surface area contributed by atoms with Gasteiger partial charge in [0.25, 0.3) is 0 Å². The van der Waals surface area contributed by atoms with Gasteiger partial charge in [-0.25, -0.2) is 4.98 Å². The van der Waals surface area contributed by atoms with E-state index in [0.29, 0.717) is 5.82 Å². The molecule has 112 valence electrons. The lowest BCUT2D eigenvalue weighted by Gasteiger charge is -2.35. The quantitative estimate of drug-likeness (QED) is 0.658. The fraction of sp³-hybridized carbons (Fsp3) is 0.286. The molecule has 0 amide bonds. The van der Waals surface area contributed by atoms with Crippen LogP contribution in [-0.4, -0.2) is 51.0 Å². The summed E-state index contributed by atoms with van der Waals surface area (Å²) in [6.45, 7) is 3.16. The standard InChI is InChI=1S/C14H14FN7/c15-11-2-1-3-12(17-11)20-6-8-21(9-7-20)14-5-4-13-18-16-10-22(13)19-14/h1-5,10H,6-9H2. The third-order valence-electron chi connectivity index (χ3n) is 3.78. The molecule has 3 aromatic rings. The van der Waals surface area contributed by atoms with Crippen molar-refractivity contribution in [1.29, 1.82) is 0 Å². The van der Waals surface area contributed by atoms with Crippen molar-refractivity contribution in [2.45, 2.75) is 0 Å². The van der Waals surface area contributed by atoms with Crippen molar-refractivity contribution >= 4 is 17.3 Å². The summed E-state index contributed by atoms with van der Waals surface area (Å²) in [6.07, 6.45) is 1.59. The highest BCUT2D eigenvalue weighted by Crippen LogP contribution is 2.17. The molecule has 0 aromatic carbocycles. The Bertz CT molecular complexity index is 794. The maximum atomic E-state index is 13.2. The van der Waals surface area contributed by atoms with Crippen LogP contribution in [0.4, 0.5) is 16.0 Å². The lowest BCUT2D eigenvalue weighted by molar-refractivity contribution is 0.574. The second-order valence-corrected chi connectivity index (χ2v) is 5.12. The smallest absolute Gasteiger partial charge is 0.214 e. The summed E-state index contributed by atoms with van der Waals surface area (Å²) < 4.78 is 14.9. The summed E-state index contributed by atoms with van der Waals surface area (Å²) in [6, 6.07) is 8.72. The average Bonchev–Trinajstić information content (AvgIpc) is 3.02. The van der Waals surface area contributed by atoms with E-state index >= 15 is 0 Å². The number of nitrogens with zero attached hydrogens (tertiary/aromatic N) is 7. The Hall–Kier alpha value is -2.77. The first-order valence-electron chi connectivity index (χ1n) is 7.09. The first-order chi connectivity index (χ1) is 10.8. The summed E-state index contributed by atoms with van der Waals surface area (Å²) in [5.41, 5.74) is 0.728. The first-order valence-corrected chi connectivity index (χ1v) is 7.09. The van der Waals surface area contributed by atoms with Crippen LogP contribution in [0.1, 0.15) is 0 Å². The number of halogens is 1. The van der Waals surface area contributed by atoms with Crippen LogP contribution in [0.15, 0.2) is 36.7 Å². The van der Waals surface area contributed by atoms with E-state index in [2.05, 4.69) is 30.1 Å². The van der Waals surface area contributed by atoms with Crippen LogP contribution >= 0.6 is 0 Å². The molecule has 8 heteroatoms. The van der Waals surface area contributed by atoms with Crippen molar-refractivity contribution in [2.75, 3.05) is 36.0 Å². The minimum Gasteiger partial charge on any atom is -0.353 e. The molecule has 1 fully saturated rings. The van der Waals surface area contributed by atoms with E-state index in [0.717, 1.165) is 37.6 Å². The summed E-state index contributed by atoms with van der Waals surface area (Å²) in [4.78, 5) is 8.20. The number of pyridine rings is 1. The molecule has 7 nitrogen and oxygen atoms in total. The number of rotatable bonds is 2. The van der Waals surface area contributed by atoms with E-state index in [1.807, 2.05) is 18.2 Å². The maximum Gasteiger partial charge on any atom is 0.214 e. The molecular weight excluding hydrogens is 285 g/mol. The van der Waals surface area contributed by atoms with Crippen LogP contribution in [0.25, 0.3) is 5.65 Å². The van der Waals surface area contributed by atoms with Crippen molar-refractivity contribution in [2.24, 2.45) is 0 Å². The van der Waals surface area contributed by atoms with Gasteiger partial charge in [0.15, 0.2) is 5.65 Å². The van der Waals surface area contributed by atoms with Crippen molar-refractivity contribution in [3.63, 3.8) is 0 Å². The van der Waals surface area contributed by atoms with Gasteiger partial charge in [-0.15, -0.1) is 15.3 Å². The predicted octanol–water partition coefficient (Wildman–Crippen LogP) is 0.985. The molecule has 0 spiro atoms. The lowest BCUT2D eigenvalue weighted by atomic mass is 10.3. The highest BCUT2D eigenvalue weighted by Gasteiger charge is 2.19. The van der Waals surface area contributed by atoms with E-state index < -0.39 is 5.95 Å². The van der Waals surface area contributed by atoms with Gasteiger partial charge >= 0.3 is 0 Å². The largest absolute Gasteiger partial charge is 0.353 e. The van der Waals surface area contributed by atoms with E-state index in [-0.39, 0.29) is 0 Å². The average molecular weight is 299 g/mol. The van der Waals surface area contributed by atoms with E-state index in [1.165, 1.54) is 6.07 Å². The third-order valence-corrected chi connectivity index (χ3v) is 3.78. The van der Waals surface area contributed by atoms with Crippen LogP contribution in [0.3, 0.4) is 0 Å². The van der Waals surface area contributed by atoms with Gasteiger partial charge in [0.2, 0.25) is 5.95 Å².